The highest BCUT2D eigenvalue weighted by atomic mass is 79.9. The number of hydroxylamine groups is 1. The fourth-order valence-corrected chi connectivity index (χ4v) is 4.38. The fraction of sp³-hybridized carbons (Fsp3) is 0.455. The van der Waals surface area contributed by atoms with Gasteiger partial charge in [0.15, 0.2) is 0 Å². The Labute approximate surface area is 125 Å². The van der Waals surface area contributed by atoms with E-state index in [1.54, 1.807) is 0 Å². The van der Waals surface area contributed by atoms with Gasteiger partial charge < -0.3 is 4.74 Å². The van der Waals surface area contributed by atoms with Gasteiger partial charge in [-0.15, -0.1) is 0 Å². The molecule has 0 bridgehead atoms. The lowest BCUT2D eigenvalue weighted by molar-refractivity contribution is 0.150. The number of nitrogens with zero attached hydrogens (tertiary/aromatic N) is 1. The molecule has 0 spiro atoms. The van der Waals surface area contributed by atoms with Crippen LogP contribution in [0.15, 0.2) is 25.6 Å². The van der Waals surface area contributed by atoms with E-state index in [-0.39, 0.29) is 12.2 Å². The summed E-state index contributed by atoms with van der Waals surface area (Å²) in [6, 6.07) is 3.71. The number of ether oxygens (including phenoxy) is 1. The normalized spacial score (nSPS) is 22.6. The number of halogens is 3. The second-order valence-electron chi connectivity index (χ2n) is 3.90. The summed E-state index contributed by atoms with van der Waals surface area (Å²) in [5.74, 6) is 0. The fourth-order valence-electron chi connectivity index (χ4n) is 1.73. The van der Waals surface area contributed by atoms with Crippen molar-refractivity contribution in [2.45, 2.75) is 25.6 Å². The minimum atomic E-state index is 0.0694. The van der Waals surface area contributed by atoms with Crippen molar-refractivity contribution in [1.29, 1.82) is 0 Å². The lowest BCUT2D eigenvalue weighted by Crippen LogP contribution is -2.23. The summed E-state index contributed by atoms with van der Waals surface area (Å²) in [5.41, 5.74) is 0.610. The van der Waals surface area contributed by atoms with Crippen molar-refractivity contribution in [3.8, 4) is 0 Å². The van der Waals surface area contributed by atoms with Gasteiger partial charge in [-0.2, -0.15) is 0 Å². The van der Waals surface area contributed by atoms with Gasteiger partial charge in [0.2, 0.25) is 0 Å². The van der Waals surface area contributed by atoms with E-state index >= 15 is 0 Å². The number of rotatable bonds is 4. The first-order valence-corrected chi connectivity index (χ1v) is 7.65. The molecule has 1 saturated heterocycles. The molecule has 0 saturated carbocycles. The van der Waals surface area contributed by atoms with Crippen LogP contribution in [0.1, 0.15) is 13.3 Å². The van der Waals surface area contributed by atoms with Crippen molar-refractivity contribution in [1.82, 2.24) is 0 Å². The first-order chi connectivity index (χ1) is 8.02. The summed E-state index contributed by atoms with van der Waals surface area (Å²) in [6.45, 7) is 2.43. The molecule has 3 nitrogen and oxygen atoms in total. The Bertz CT molecular complexity index is 404. The van der Waals surface area contributed by atoms with Crippen molar-refractivity contribution in [2.75, 3.05) is 11.6 Å². The quantitative estimate of drug-likeness (QED) is 0.529. The SMILES string of the molecule is CC[C@@H]1O[C@H]1CN([O])c1c(Br)cc(Br)cc1Br. The molecule has 0 aromatic heterocycles. The van der Waals surface area contributed by atoms with E-state index in [1.807, 2.05) is 12.1 Å². The number of hydrogen-bond donors (Lipinski definition) is 0. The molecule has 17 heavy (non-hydrogen) atoms. The molecule has 1 radical (unpaired) electrons. The molecule has 0 amide bonds. The maximum absolute atomic E-state index is 12.1. The molecule has 1 aromatic rings. The predicted molar refractivity (Wildman–Crippen MR) is 76.5 cm³/mol. The number of benzene rings is 1. The average Bonchev–Trinajstić information content (AvgIpc) is 2.94. The highest BCUT2D eigenvalue weighted by molar-refractivity contribution is 9.11. The second-order valence-corrected chi connectivity index (χ2v) is 6.52. The summed E-state index contributed by atoms with van der Waals surface area (Å²) in [5, 5.41) is 13.0. The molecular formula is C11H11Br3NO2. The van der Waals surface area contributed by atoms with Crippen molar-refractivity contribution in [3.63, 3.8) is 0 Å². The van der Waals surface area contributed by atoms with Crippen molar-refractivity contribution >= 4 is 53.5 Å². The molecule has 1 aliphatic rings. The highest BCUT2D eigenvalue weighted by Gasteiger charge is 2.39. The van der Waals surface area contributed by atoms with Crippen molar-refractivity contribution < 1.29 is 9.94 Å². The zero-order valence-electron chi connectivity index (χ0n) is 9.12. The first kappa shape index (κ1) is 13.8. The van der Waals surface area contributed by atoms with Crippen molar-refractivity contribution in [2.24, 2.45) is 0 Å². The van der Waals surface area contributed by atoms with Crippen LogP contribution in [0, 0.1) is 0 Å². The van der Waals surface area contributed by atoms with Crippen LogP contribution in [-0.2, 0) is 9.94 Å². The van der Waals surface area contributed by atoms with Crippen LogP contribution in [0.3, 0.4) is 0 Å². The molecule has 1 aromatic carbocycles. The Morgan fingerprint density at radius 3 is 2.29 bits per heavy atom. The Hall–Kier alpha value is 0.380. The van der Waals surface area contributed by atoms with Crippen LogP contribution in [0.5, 0.6) is 0 Å². The molecule has 1 heterocycles. The van der Waals surface area contributed by atoms with Crippen LogP contribution in [0.2, 0.25) is 0 Å². The van der Waals surface area contributed by atoms with Gasteiger partial charge >= 0.3 is 0 Å². The van der Waals surface area contributed by atoms with E-state index < -0.39 is 0 Å². The molecule has 1 fully saturated rings. The van der Waals surface area contributed by atoms with Crippen LogP contribution in [0.25, 0.3) is 0 Å². The molecule has 93 valence electrons. The van der Waals surface area contributed by atoms with Crippen molar-refractivity contribution in [3.05, 3.63) is 25.6 Å². The smallest absolute Gasteiger partial charge is 0.104 e. The van der Waals surface area contributed by atoms with E-state index in [2.05, 4.69) is 54.7 Å². The highest BCUT2D eigenvalue weighted by Crippen LogP contribution is 2.38. The van der Waals surface area contributed by atoms with E-state index in [4.69, 9.17) is 4.74 Å². The Morgan fingerprint density at radius 1 is 1.24 bits per heavy atom. The lowest BCUT2D eigenvalue weighted by atomic mass is 10.2. The largest absolute Gasteiger partial charge is 0.368 e. The van der Waals surface area contributed by atoms with Crippen LogP contribution >= 0.6 is 47.8 Å². The molecule has 1 aliphatic heterocycles. The molecule has 2 atom stereocenters. The van der Waals surface area contributed by atoms with E-state index in [9.17, 15) is 5.21 Å². The third-order valence-corrected chi connectivity index (χ3v) is 4.33. The minimum Gasteiger partial charge on any atom is -0.368 e. The molecule has 2 rings (SSSR count). The van der Waals surface area contributed by atoms with Gasteiger partial charge in [0.05, 0.1) is 18.3 Å². The van der Waals surface area contributed by atoms with Gasteiger partial charge in [0, 0.05) is 13.4 Å². The van der Waals surface area contributed by atoms with Crippen LogP contribution in [0.4, 0.5) is 5.69 Å². The monoisotopic (exact) mass is 426 g/mol. The maximum Gasteiger partial charge on any atom is 0.104 e. The topological polar surface area (TPSA) is 35.7 Å². The Morgan fingerprint density at radius 2 is 1.82 bits per heavy atom. The second kappa shape index (κ2) is 5.57. The summed E-state index contributed by atoms with van der Waals surface area (Å²) >= 11 is 10.2. The Kier molecular flexibility index (Phi) is 4.52. The van der Waals surface area contributed by atoms with Crippen LogP contribution < -0.4 is 5.06 Å². The van der Waals surface area contributed by atoms with Gasteiger partial charge in [-0.25, -0.2) is 5.06 Å². The molecule has 6 heteroatoms. The first-order valence-electron chi connectivity index (χ1n) is 5.27. The van der Waals surface area contributed by atoms with E-state index in [0.717, 1.165) is 24.9 Å². The van der Waals surface area contributed by atoms with Crippen LogP contribution in [-0.4, -0.2) is 18.8 Å². The third kappa shape index (κ3) is 3.23. The maximum atomic E-state index is 12.1. The lowest BCUT2D eigenvalue weighted by Gasteiger charge is -2.16. The number of anilines is 1. The summed E-state index contributed by atoms with van der Waals surface area (Å²) in [7, 11) is 0. The number of hydrogen-bond acceptors (Lipinski definition) is 2. The zero-order valence-corrected chi connectivity index (χ0v) is 13.9. The average molecular weight is 429 g/mol. The predicted octanol–water partition coefficient (Wildman–Crippen LogP) is 4.30. The standard InChI is InChI=1S/C11H11Br3NO2/c1-2-9-10(17-9)5-15(16)11-7(13)3-6(12)4-8(11)14/h3-4,9-10H,2,5H2,1H3/t9-,10-/m0/s1. The molecular weight excluding hydrogens is 418 g/mol. The van der Waals surface area contributed by atoms with E-state index in [0.29, 0.717) is 12.2 Å². The van der Waals surface area contributed by atoms with Gasteiger partial charge in [0.1, 0.15) is 6.10 Å². The molecule has 0 unspecified atom stereocenters. The van der Waals surface area contributed by atoms with Gasteiger partial charge in [-0.1, -0.05) is 28.1 Å². The van der Waals surface area contributed by atoms with Gasteiger partial charge in [-0.05, 0) is 50.4 Å². The number of epoxide rings is 1. The minimum absolute atomic E-state index is 0.0694. The molecule has 0 N–H and O–H groups in total. The third-order valence-electron chi connectivity index (χ3n) is 2.67. The molecule has 0 aliphatic carbocycles. The summed E-state index contributed by atoms with van der Waals surface area (Å²) < 4.78 is 7.83. The Balaban J connectivity index is 2.11. The summed E-state index contributed by atoms with van der Waals surface area (Å²) in [4.78, 5) is 0. The van der Waals surface area contributed by atoms with Gasteiger partial charge in [-0.3, -0.25) is 0 Å². The zero-order chi connectivity index (χ0) is 12.6. The van der Waals surface area contributed by atoms with E-state index in [1.165, 1.54) is 0 Å². The summed E-state index contributed by atoms with van der Waals surface area (Å²) in [6.07, 6.45) is 1.28. The van der Waals surface area contributed by atoms with Gasteiger partial charge in [0.25, 0.3) is 0 Å².